The Morgan fingerprint density at radius 3 is 2.63 bits per heavy atom. The number of hydrogen-bond acceptors (Lipinski definition) is 1. The van der Waals surface area contributed by atoms with Gasteiger partial charge in [-0.1, -0.05) is 39.7 Å². The van der Waals surface area contributed by atoms with E-state index in [1.807, 2.05) is 30.5 Å². The zero-order chi connectivity index (χ0) is 13.7. The Kier molecular flexibility index (Phi) is 5.86. The molecule has 0 bridgehead atoms. The molecule has 0 N–H and O–H groups in total. The number of rotatable bonds is 5. The highest BCUT2D eigenvalue weighted by Gasteiger charge is 2.10. The molecule has 0 saturated carbocycles. The van der Waals surface area contributed by atoms with Gasteiger partial charge in [-0.15, -0.1) is 0 Å². The molecule has 0 fully saturated rings. The summed E-state index contributed by atoms with van der Waals surface area (Å²) in [5.41, 5.74) is 2.39. The molecule has 0 spiro atoms. The first kappa shape index (κ1) is 15.0. The summed E-state index contributed by atoms with van der Waals surface area (Å²) in [5, 5.41) is 1.75. The third-order valence-corrected chi connectivity index (χ3v) is 4.54. The van der Waals surface area contributed by atoms with Crippen LogP contribution in [0.25, 0.3) is 0 Å². The minimum Gasteiger partial charge on any atom is -0.260 e. The van der Waals surface area contributed by atoms with Crippen LogP contribution in [0.4, 0.5) is 0 Å². The number of pyridine rings is 1. The maximum Gasteiger partial charge on any atom is 0.0413 e. The van der Waals surface area contributed by atoms with Gasteiger partial charge in [0.05, 0.1) is 0 Å². The molecule has 1 unspecified atom stereocenters. The molecule has 0 aliphatic rings. The predicted molar refractivity (Wildman–Crippen MR) is 88.1 cm³/mol. The van der Waals surface area contributed by atoms with Crippen molar-refractivity contribution in [1.29, 1.82) is 0 Å². The lowest BCUT2D eigenvalue weighted by Crippen LogP contribution is -2.10. The fraction of sp³-hybridized carbons (Fsp3) is 0.267. The summed E-state index contributed by atoms with van der Waals surface area (Å²) >= 11 is 13.0. The van der Waals surface area contributed by atoms with Crippen LogP contribution in [0.2, 0.25) is 5.02 Å². The quantitative estimate of drug-likeness (QED) is 0.618. The normalized spacial score (nSPS) is 12.4. The lowest BCUT2D eigenvalue weighted by atomic mass is 9.96. The van der Waals surface area contributed by atoms with E-state index in [0.29, 0.717) is 5.92 Å². The Bertz CT molecular complexity index is 528. The van der Waals surface area contributed by atoms with Crippen molar-refractivity contribution in [2.75, 3.05) is 5.33 Å². The second-order valence-electron chi connectivity index (χ2n) is 4.53. The predicted octanol–water partition coefficient (Wildman–Crippen LogP) is 5.29. The van der Waals surface area contributed by atoms with Gasteiger partial charge >= 0.3 is 0 Å². The summed E-state index contributed by atoms with van der Waals surface area (Å²) in [6.45, 7) is 0. The Balaban J connectivity index is 2.02. The second-order valence-corrected chi connectivity index (χ2v) is 6.53. The number of halogens is 3. The van der Waals surface area contributed by atoms with E-state index in [2.05, 4.69) is 49.0 Å². The fourth-order valence-electron chi connectivity index (χ4n) is 2.00. The van der Waals surface area contributed by atoms with Crippen molar-refractivity contribution in [3.05, 3.63) is 63.3 Å². The number of aromatic nitrogens is 1. The maximum absolute atomic E-state index is 6.02. The highest BCUT2D eigenvalue weighted by molar-refractivity contribution is 9.10. The molecule has 0 saturated heterocycles. The average molecular weight is 404 g/mol. The van der Waals surface area contributed by atoms with Crippen LogP contribution < -0.4 is 0 Å². The van der Waals surface area contributed by atoms with Crippen molar-refractivity contribution < 1.29 is 0 Å². The van der Waals surface area contributed by atoms with Crippen molar-refractivity contribution in [3.63, 3.8) is 0 Å². The smallest absolute Gasteiger partial charge is 0.0413 e. The maximum atomic E-state index is 6.02. The van der Waals surface area contributed by atoms with Gasteiger partial charge in [-0.05, 0) is 64.5 Å². The van der Waals surface area contributed by atoms with E-state index in [0.717, 1.165) is 33.4 Å². The topological polar surface area (TPSA) is 12.9 Å². The van der Waals surface area contributed by atoms with E-state index in [-0.39, 0.29) is 0 Å². The van der Waals surface area contributed by atoms with Gasteiger partial charge in [-0.2, -0.15) is 0 Å². The molecule has 19 heavy (non-hydrogen) atoms. The highest BCUT2D eigenvalue weighted by Crippen LogP contribution is 2.19. The van der Waals surface area contributed by atoms with E-state index in [1.54, 1.807) is 0 Å². The largest absolute Gasteiger partial charge is 0.260 e. The first-order valence-corrected chi connectivity index (χ1v) is 8.37. The van der Waals surface area contributed by atoms with Gasteiger partial charge in [-0.25, -0.2) is 0 Å². The third-order valence-electron chi connectivity index (χ3n) is 2.92. The van der Waals surface area contributed by atoms with Crippen molar-refractivity contribution in [2.45, 2.75) is 12.8 Å². The Morgan fingerprint density at radius 2 is 2.00 bits per heavy atom. The molecule has 100 valence electrons. The van der Waals surface area contributed by atoms with E-state index in [1.165, 1.54) is 5.56 Å². The van der Waals surface area contributed by atoms with E-state index >= 15 is 0 Å². The van der Waals surface area contributed by atoms with Crippen LogP contribution in [0, 0.1) is 5.92 Å². The van der Waals surface area contributed by atoms with Gasteiger partial charge < -0.3 is 0 Å². The molecule has 1 aromatic heterocycles. The summed E-state index contributed by atoms with van der Waals surface area (Å²) < 4.78 is 1.02. The Morgan fingerprint density at radius 1 is 1.16 bits per heavy atom. The van der Waals surface area contributed by atoms with Crippen molar-refractivity contribution in [1.82, 2.24) is 4.98 Å². The molecule has 0 amide bonds. The van der Waals surface area contributed by atoms with Crippen LogP contribution in [0.5, 0.6) is 0 Å². The van der Waals surface area contributed by atoms with Crippen LogP contribution in [0.1, 0.15) is 11.3 Å². The van der Waals surface area contributed by atoms with Gasteiger partial charge in [-0.3, -0.25) is 4.98 Å². The lowest BCUT2D eigenvalue weighted by Gasteiger charge is -2.14. The third kappa shape index (κ3) is 4.90. The molecular weight excluding hydrogens is 389 g/mol. The van der Waals surface area contributed by atoms with Crippen molar-refractivity contribution in [3.8, 4) is 0 Å². The van der Waals surface area contributed by atoms with Crippen LogP contribution in [0.3, 0.4) is 0 Å². The van der Waals surface area contributed by atoms with Crippen molar-refractivity contribution in [2.24, 2.45) is 5.92 Å². The summed E-state index contributed by atoms with van der Waals surface area (Å²) in [5.74, 6) is 0.521. The standard InChI is InChI=1S/C15H14Br2ClN/c16-9-12(6-11-2-1-3-14(18)7-11)8-15-5-4-13(17)10-19-15/h1-5,7,10,12H,6,8-9H2. The first-order chi connectivity index (χ1) is 9.17. The monoisotopic (exact) mass is 401 g/mol. The highest BCUT2D eigenvalue weighted by atomic mass is 79.9. The molecule has 0 radical (unpaired) electrons. The van der Waals surface area contributed by atoms with Crippen LogP contribution in [0.15, 0.2) is 47.1 Å². The van der Waals surface area contributed by atoms with Crippen LogP contribution >= 0.6 is 43.5 Å². The second kappa shape index (κ2) is 7.41. The summed E-state index contributed by atoms with van der Waals surface area (Å²) in [6, 6.07) is 12.2. The molecule has 1 heterocycles. The average Bonchev–Trinajstić information content (AvgIpc) is 2.40. The van der Waals surface area contributed by atoms with Gasteiger partial charge in [0.15, 0.2) is 0 Å². The number of hydrogen-bond donors (Lipinski definition) is 0. The van der Waals surface area contributed by atoms with Gasteiger partial charge in [0, 0.05) is 26.7 Å². The minimum atomic E-state index is 0.521. The number of nitrogens with zero attached hydrogens (tertiary/aromatic N) is 1. The number of alkyl halides is 1. The summed E-state index contributed by atoms with van der Waals surface area (Å²) in [7, 11) is 0. The number of benzene rings is 1. The van der Waals surface area contributed by atoms with Gasteiger partial charge in [0.2, 0.25) is 0 Å². The molecule has 2 aromatic rings. The first-order valence-electron chi connectivity index (χ1n) is 6.08. The van der Waals surface area contributed by atoms with Crippen molar-refractivity contribution >= 4 is 43.5 Å². The summed E-state index contributed by atoms with van der Waals surface area (Å²) in [4.78, 5) is 4.43. The van der Waals surface area contributed by atoms with Gasteiger partial charge in [0.1, 0.15) is 0 Å². The molecule has 1 atom stereocenters. The molecule has 2 rings (SSSR count). The lowest BCUT2D eigenvalue weighted by molar-refractivity contribution is 0.582. The molecule has 0 aliphatic carbocycles. The van der Waals surface area contributed by atoms with Crippen LogP contribution in [-0.2, 0) is 12.8 Å². The van der Waals surface area contributed by atoms with E-state index < -0.39 is 0 Å². The van der Waals surface area contributed by atoms with E-state index in [4.69, 9.17) is 11.6 Å². The molecule has 0 aliphatic heterocycles. The molecule has 1 aromatic carbocycles. The molecular formula is C15H14Br2ClN. The zero-order valence-corrected chi connectivity index (χ0v) is 14.2. The zero-order valence-electron chi connectivity index (χ0n) is 10.3. The summed E-state index contributed by atoms with van der Waals surface area (Å²) in [6.07, 6.45) is 3.81. The van der Waals surface area contributed by atoms with Crippen LogP contribution in [-0.4, -0.2) is 10.3 Å². The van der Waals surface area contributed by atoms with E-state index in [9.17, 15) is 0 Å². The fourth-order valence-corrected chi connectivity index (χ4v) is 2.91. The SMILES string of the molecule is Clc1cccc(CC(CBr)Cc2ccc(Br)cn2)c1. The van der Waals surface area contributed by atoms with Gasteiger partial charge in [0.25, 0.3) is 0 Å². The Hall–Kier alpha value is -0.380. The molecule has 1 nitrogen and oxygen atoms in total. The minimum absolute atomic E-state index is 0.521. The molecule has 4 heteroatoms. The Labute approximate surface area is 135 Å².